The highest BCUT2D eigenvalue weighted by molar-refractivity contribution is 7.09. The number of hydrogen-bond donors (Lipinski definition) is 1. The molecule has 96 valence electrons. The highest BCUT2D eigenvalue weighted by atomic mass is 32.1. The van der Waals surface area contributed by atoms with E-state index in [4.69, 9.17) is 5.73 Å². The first-order valence-electron chi connectivity index (χ1n) is 6.21. The second kappa shape index (κ2) is 5.38. The third-order valence-corrected chi connectivity index (χ3v) is 3.95. The molecule has 4 heteroatoms. The summed E-state index contributed by atoms with van der Waals surface area (Å²) in [6.07, 6.45) is 4.72. The zero-order valence-corrected chi connectivity index (χ0v) is 11.3. The predicted octanol–water partition coefficient (Wildman–Crippen LogP) is 3.18. The molecular weight excluding hydrogens is 254 g/mol. The standard InChI is InChI=1S/C15H15N3S/c16-15(9-14-7-4-8-19-14)12-10-17-18(11-12)13-5-2-1-3-6-13/h1-8,10-11,15H,9,16H2. The fourth-order valence-corrected chi connectivity index (χ4v) is 2.78. The van der Waals surface area contributed by atoms with Crippen LogP contribution in [0.5, 0.6) is 0 Å². The summed E-state index contributed by atoms with van der Waals surface area (Å²) in [5.74, 6) is 0. The first-order valence-corrected chi connectivity index (χ1v) is 7.09. The lowest BCUT2D eigenvalue weighted by Crippen LogP contribution is -2.11. The molecule has 0 aliphatic carbocycles. The van der Waals surface area contributed by atoms with Gasteiger partial charge in [-0.1, -0.05) is 24.3 Å². The number of thiophene rings is 1. The van der Waals surface area contributed by atoms with Gasteiger partial charge >= 0.3 is 0 Å². The van der Waals surface area contributed by atoms with Gasteiger partial charge in [-0.15, -0.1) is 11.3 Å². The molecule has 2 heterocycles. The Kier molecular flexibility index (Phi) is 3.44. The molecule has 1 atom stereocenters. The van der Waals surface area contributed by atoms with E-state index in [1.54, 1.807) is 11.3 Å². The van der Waals surface area contributed by atoms with E-state index in [0.717, 1.165) is 17.7 Å². The number of rotatable bonds is 4. The highest BCUT2D eigenvalue weighted by Crippen LogP contribution is 2.19. The topological polar surface area (TPSA) is 43.8 Å². The van der Waals surface area contributed by atoms with Gasteiger partial charge < -0.3 is 5.73 Å². The van der Waals surface area contributed by atoms with Crippen LogP contribution >= 0.6 is 11.3 Å². The van der Waals surface area contributed by atoms with Crippen molar-refractivity contribution in [2.45, 2.75) is 12.5 Å². The van der Waals surface area contributed by atoms with Gasteiger partial charge in [0.25, 0.3) is 0 Å². The minimum absolute atomic E-state index is 0.00360. The van der Waals surface area contributed by atoms with Gasteiger partial charge in [0, 0.05) is 29.1 Å². The van der Waals surface area contributed by atoms with Gasteiger partial charge in [0.15, 0.2) is 0 Å². The van der Waals surface area contributed by atoms with Gasteiger partial charge in [-0.25, -0.2) is 4.68 Å². The molecule has 2 aromatic heterocycles. The minimum atomic E-state index is -0.00360. The summed E-state index contributed by atoms with van der Waals surface area (Å²) in [4.78, 5) is 1.31. The summed E-state index contributed by atoms with van der Waals surface area (Å²) in [6.45, 7) is 0. The summed E-state index contributed by atoms with van der Waals surface area (Å²) >= 11 is 1.74. The normalized spacial score (nSPS) is 12.5. The highest BCUT2D eigenvalue weighted by Gasteiger charge is 2.10. The van der Waals surface area contributed by atoms with Gasteiger partial charge in [-0.2, -0.15) is 5.10 Å². The molecule has 3 rings (SSSR count). The van der Waals surface area contributed by atoms with E-state index in [0.29, 0.717) is 0 Å². The van der Waals surface area contributed by atoms with Crippen molar-refractivity contribution in [2.24, 2.45) is 5.73 Å². The molecule has 0 bridgehead atoms. The largest absolute Gasteiger partial charge is 0.324 e. The predicted molar refractivity (Wildman–Crippen MR) is 78.5 cm³/mol. The fraction of sp³-hybridized carbons (Fsp3) is 0.133. The smallest absolute Gasteiger partial charge is 0.0645 e. The molecule has 3 aromatic rings. The fourth-order valence-electron chi connectivity index (χ4n) is 2.01. The number of nitrogens with two attached hydrogens (primary N) is 1. The molecule has 0 aliphatic heterocycles. The van der Waals surface area contributed by atoms with Crippen LogP contribution in [0.1, 0.15) is 16.5 Å². The van der Waals surface area contributed by atoms with E-state index in [9.17, 15) is 0 Å². The van der Waals surface area contributed by atoms with Crippen LogP contribution in [0.15, 0.2) is 60.2 Å². The molecule has 0 saturated heterocycles. The van der Waals surface area contributed by atoms with E-state index in [-0.39, 0.29) is 6.04 Å². The molecule has 19 heavy (non-hydrogen) atoms. The summed E-state index contributed by atoms with van der Waals surface area (Å²) in [5, 5.41) is 6.46. The van der Waals surface area contributed by atoms with Crippen LogP contribution in [0.2, 0.25) is 0 Å². The summed E-state index contributed by atoms with van der Waals surface area (Å²) < 4.78 is 1.86. The van der Waals surface area contributed by atoms with Crippen LogP contribution in [-0.4, -0.2) is 9.78 Å². The lowest BCUT2D eigenvalue weighted by molar-refractivity contribution is 0.729. The van der Waals surface area contributed by atoms with E-state index in [1.807, 2.05) is 47.4 Å². The van der Waals surface area contributed by atoms with Crippen LogP contribution in [0.25, 0.3) is 5.69 Å². The zero-order chi connectivity index (χ0) is 13.1. The Morgan fingerprint density at radius 1 is 1.16 bits per heavy atom. The Labute approximate surface area is 116 Å². The van der Waals surface area contributed by atoms with Crippen molar-refractivity contribution in [2.75, 3.05) is 0 Å². The number of aromatic nitrogens is 2. The third kappa shape index (κ3) is 2.75. The van der Waals surface area contributed by atoms with Crippen molar-refractivity contribution in [3.63, 3.8) is 0 Å². The second-order valence-corrected chi connectivity index (χ2v) is 5.48. The van der Waals surface area contributed by atoms with Crippen LogP contribution in [-0.2, 0) is 6.42 Å². The molecule has 0 amide bonds. The Hall–Kier alpha value is -1.91. The molecule has 3 nitrogen and oxygen atoms in total. The molecule has 0 radical (unpaired) electrons. The molecule has 0 fully saturated rings. The van der Waals surface area contributed by atoms with E-state index in [1.165, 1.54) is 4.88 Å². The summed E-state index contributed by atoms with van der Waals surface area (Å²) in [7, 11) is 0. The van der Waals surface area contributed by atoms with Crippen LogP contribution in [0.3, 0.4) is 0 Å². The number of nitrogens with zero attached hydrogens (tertiary/aromatic N) is 2. The van der Waals surface area contributed by atoms with Gasteiger partial charge in [0.05, 0.1) is 11.9 Å². The maximum atomic E-state index is 6.23. The van der Waals surface area contributed by atoms with Crippen molar-refractivity contribution in [3.8, 4) is 5.69 Å². The van der Waals surface area contributed by atoms with Crippen LogP contribution < -0.4 is 5.73 Å². The first-order chi connectivity index (χ1) is 9.33. The van der Waals surface area contributed by atoms with Crippen LogP contribution in [0.4, 0.5) is 0 Å². The van der Waals surface area contributed by atoms with Crippen molar-refractivity contribution < 1.29 is 0 Å². The molecule has 0 spiro atoms. The molecule has 1 aromatic carbocycles. The Morgan fingerprint density at radius 2 is 2.00 bits per heavy atom. The zero-order valence-electron chi connectivity index (χ0n) is 10.4. The molecule has 1 unspecified atom stereocenters. The second-order valence-electron chi connectivity index (χ2n) is 4.44. The number of benzene rings is 1. The molecule has 2 N–H and O–H groups in total. The quantitative estimate of drug-likeness (QED) is 0.790. The van der Waals surface area contributed by atoms with E-state index >= 15 is 0 Å². The number of hydrogen-bond acceptors (Lipinski definition) is 3. The minimum Gasteiger partial charge on any atom is -0.324 e. The van der Waals surface area contributed by atoms with Gasteiger partial charge in [0.1, 0.15) is 0 Å². The lowest BCUT2D eigenvalue weighted by Gasteiger charge is -2.07. The molecule has 0 aliphatic rings. The molecule has 0 saturated carbocycles. The average molecular weight is 269 g/mol. The van der Waals surface area contributed by atoms with E-state index in [2.05, 4.69) is 22.6 Å². The maximum absolute atomic E-state index is 6.23. The molecular formula is C15H15N3S. The van der Waals surface area contributed by atoms with Crippen molar-refractivity contribution >= 4 is 11.3 Å². The number of para-hydroxylation sites is 1. The van der Waals surface area contributed by atoms with Gasteiger partial charge in [0.2, 0.25) is 0 Å². The lowest BCUT2D eigenvalue weighted by atomic mass is 10.1. The Bertz CT molecular complexity index is 628. The van der Waals surface area contributed by atoms with Crippen molar-refractivity contribution in [1.82, 2.24) is 9.78 Å². The monoisotopic (exact) mass is 269 g/mol. The van der Waals surface area contributed by atoms with Crippen molar-refractivity contribution in [1.29, 1.82) is 0 Å². The first kappa shape index (κ1) is 12.1. The van der Waals surface area contributed by atoms with Crippen molar-refractivity contribution in [3.05, 3.63) is 70.7 Å². The van der Waals surface area contributed by atoms with Gasteiger partial charge in [-0.05, 0) is 23.6 Å². The van der Waals surface area contributed by atoms with Crippen LogP contribution in [0, 0.1) is 0 Å². The SMILES string of the molecule is NC(Cc1cccs1)c1cnn(-c2ccccc2)c1. The van der Waals surface area contributed by atoms with E-state index < -0.39 is 0 Å². The summed E-state index contributed by atoms with van der Waals surface area (Å²) in [6, 6.07) is 14.2. The maximum Gasteiger partial charge on any atom is 0.0645 e. The van der Waals surface area contributed by atoms with Gasteiger partial charge in [-0.3, -0.25) is 0 Å². The Morgan fingerprint density at radius 3 is 2.74 bits per heavy atom. The Balaban J connectivity index is 1.78. The average Bonchev–Trinajstić information content (AvgIpc) is 3.10. The third-order valence-electron chi connectivity index (χ3n) is 3.05. The summed E-state index contributed by atoms with van der Waals surface area (Å²) in [5.41, 5.74) is 8.35.